The van der Waals surface area contributed by atoms with E-state index in [1.54, 1.807) is 0 Å². The summed E-state index contributed by atoms with van der Waals surface area (Å²) in [6.07, 6.45) is 2.07. The fraction of sp³-hybridized carbons (Fsp3) is 0.455. The number of rotatable bonds is 6. The van der Waals surface area contributed by atoms with Crippen LogP contribution in [-0.2, 0) is 11.2 Å². The molecule has 1 rings (SSSR count). The Labute approximate surface area is 79.2 Å². The van der Waals surface area contributed by atoms with Crippen molar-refractivity contribution in [3.8, 4) is 0 Å². The van der Waals surface area contributed by atoms with Gasteiger partial charge in [-0.15, -0.1) is 0 Å². The van der Waals surface area contributed by atoms with E-state index < -0.39 is 0 Å². The molecule has 1 N–H and O–H groups in total. The lowest BCUT2D eigenvalue weighted by Crippen LogP contribution is -2.01. The van der Waals surface area contributed by atoms with Gasteiger partial charge in [0.25, 0.3) is 0 Å². The van der Waals surface area contributed by atoms with E-state index in [1.165, 1.54) is 5.56 Å². The van der Waals surface area contributed by atoms with E-state index in [2.05, 4.69) is 12.1 Å². The molecule has 1 aromatic rings. The molecule has 0 radical (unpaired) electrons. The van der Waals surface area contributed by atoms with Gasteiger partial charge in [0.15, 0.2) is 0 Å². The summed E-state index contributed by atoms with van der Waals surface area (Å²) in [6, 6.07) is 10.3. The molecule has 0 amide bonds. The molecule has 0 atom stereocenters. The predicted molar refractivity (Wildman–Crippen MR) is 52.7 cm³/mol. The fourth-order valence-electron chi connectivity index (χ4n) is 1.19. The molecule has 0 aliphatic heterocycles. The first-order valence-electron chi connectivity index (χ1n) is 4.66. The minimum absolute atomic E-state index is 0.116. The summed E-state index contributed by atoms with van der Waals surface area (Å²) in [7, 11) is 0. The summed E-state index contributed by atoms with van der Waals surface area (Å²) in [5, 5.41) is 8.46. The lowest BCUT2D eigenvalue weighted by molar-refractivity contribution is 0.0909. The molecule has 0 spiro atoms. The number of aliphatic hydroxyl groups excluding tert-OH is 1. The van der Waals surface area contributed by atoms with Crippen LogP contribution in [0.15, 0.2) is 30.3 Å². The maximum atomic E-state index is 8.46. The van der Waals surface area contributed by atoms with E-state index in [4.69, 9.17) is 9.84 Å². The zero-order valence-electron chi connectivity index (χ0n) is 7.78. The average molecular weight is 180 g/mol. The molecule has 2 heteroatoms. The van der Waals surface area contributed by atoms with Crippen molar-refractivity contribution in [2.24, 2.45) is 0 Å². The molecular weight excluding hydrogens is 164 g/mol. The van der Waals surface area contributed by atoms with Crippen LogP contribution in [0.5, 0.6) is 0 Å². The van der Waals surface area contributed by atoms with E-state index in [9.17, 15) is 0 Å². The Kier molecular flexibility index (Phi) is 5.22. The largest absolute Gasteiger partial charge is 0.394 e. The predicted octanol–water partition coefficient (Wildman–Crippen LogP) is 1.63. The van der Waals surface area contributed by atoms with Gasteiger partial charge in [-0.05, 0) is 18.4 Å². The Morgan fingerprint density at radius 1 is 1.08 bits per heavy atom. The van der Waals surface area contributed by atoms with E-state index >= 15 is 0 Å². The van der Waals surface area contributed by atoms with Gasteiger partial charge in [0.1, 0.15) is 0 Å². The molecule has 0 saturated carbocycles. The van der Waals surface area contributed by atoms with Crippen molar-refractivity contribution >= 4 is 0 Å². The zero-order chi connectivity index (χ0) is 9.36. The van der Waals surface area contributed by atoms with E-state index in [0.29, 0.717) is 6.61 Å². The Hall–Kier alpha value is -0.860. The molecule has 0 heterocycles. The van der Waals surface area contributed by atoms with Gasteiger partial charge in [-0.1, -0.05) is 30.3 Å². The van der Waals surface area contributed by atoms with Crippen LogP contribution in [0.3, 0.4) is 0 Å². The molecule has 13 heavy (non-hydrogen) atoms. The van der Waals surface area contributed by atoms with Crippen molar-refractivity contribution in [2.75, 3.05) is 19.8 Å². The number of hydrogen-bond acceptors (Lipinski definition) is 2. The van der Waals surface area contributed by atoms with Gasteiger partial charge in [0, 0.05) is 6.61 Å². The first kappa shape index (κ1) is 10.2. The number of hydrogen-bond donors (Lipinski definition) is 1. The number of aliphatic hydroxyl groups is 1. The number of benzene rings is 1. The lowest BCUT2D eigenvalue weighted by atomic mass is 10.1. The Bertz CT molecular complexity index is 209. The monoisotopic (exact) mass is 180 g/mol. The highest BCUT2D eigenvalue weighted by Crippen LogP contribution is 2.01. The van der Waals surface area contributed by atoms with Crippen LogP contribution in [0.25, 0.3) is 0 Å². The van der Waals surface area contributed by atoms with Gasteiger partial charge in [-0.3, -0.25) is 0 Å². The normalized spacial score (nSPS) is 10.2. The molecule has 0 aliphatic rings. The van der Waals surface area contributed by atoms with Gasteiger partial charge in [-0.2, -0.15) is 0 Å². The Balaban J connectivity index is 2.07. The van der Waals surface area contributed by atoms with Crippen LogP contribution in [0.4, 0.5) is 0 Å². The highest BCUT2D eigenvalue weighted by molar-refractivity contribution is 5.14. The highest BCUT2D eigenvalue weighted by Gasteiger charge is 1.91. The van der Waals surface area contributed by atoms with Crippen LogP contribution in [0, 0.1) is 0 Å². The minimum atomic E-state index is 0.116. The van der Waals surface area contributed by atoms with Gasteiger partial charge < -0.3 is 9.84 Å². The molecule has 2 nitrogen and oxygen atoms in total. The SMILES string of the molecule is OCCOCCCc1ccccc1. The standard InChI is InChI=1S/C11H16O2/c12-8-10-13-9-4-7-11-5-2-1-3-6-11/h1-3,5-6,12H,4,7-10H2. The first-order valence-corrected chi connectivity index (χ1v) is 4.66. The van der Waals surface area contributed by atoms with E-state index in [0.717, 1.165) is 19.4 Å². The van der Waals surface area contributed by atoms with Crippen molar-refractivity contribution in [1.82, 2.24) is 0 Å². The number of aryl methyl sites for hydroxylation is 1. The third kappa shape index (κ3) is 4.65. The average Bonchev–Trinajstić information content (AvgIpc) is 2.19. The molecular formula is C11H16O2. The summed E-state index contributed by atoms with van der Waals surface area (Å²) in [6.45, 7) is 1.30. The fourth-order valence-corrected chi connectivity index (χ4v) is 1.19. The van der Waals surface area contributed by atoms with Crippen LogP contribution in [0.2, 0.25) is 0 Å². The highest BCUT2D eigenvalue weighted by atomic mass is 16.5. The van der Waals surface area contributed by atoms with Gasteiger partial charge in [0.2, 0.25) is 0 Å². The molecule has 72 valence electrons. The minimum Gasteiger partial charge on any atom is -0.394 e. The number of ether oxygens (including phenoxy) is 1. The quantitative estimate of drug-likeness (QED) is 0.674. The van der Waals surface area contributed by atoms with Gasteiger partial charge in [0.05, 0.1) is 13.2 Å². The molecule has 0 saturated heterocycles. The third-order valence-electron chi connectivity index (χ3n) is 1.83. The van der Waals surface area contributed by atoms with Crippen molar-refractivity contribution in [3.63, 3.8) is 0 Å². The van der Waals surface area contributed by atoms with Gasteiger partial charge >= 0.3 is 0 Å². The van der Waals surface area contributed by atoms with Crippen molar-refractivity contribution in [3.05, 3.63) is 35.9 Å². The molecule has 0 aromatic heterocycles. The zero-order valence-corrected chi connectivity index (χ0v) is 7.78. The second-order valence-electron chi connectivity index (χ2n) is 2.93. The summed E-state index contributed by atoms with van der Waals surface area (Å²) >= 11 is 0. The Morgan fingerprint density at radius 2 is 1.85 bits per heavy atom. The molecule has 1 aromatic carbocycles. The van der Waals surface area contributed by atoms with Crippen molar-refractivity contribution in [2.45, 2.75) is 12.8 Å². The summed E-state index contributed by atoms with van der Waals surface area (Å²) in [4.78, 5) is 0. The summed E-state index contributed by atoms with van der Waals surface area (Å²) in [5.74, 6) is 0. The topological polar surface area (TPSA) is 29.5 Å². The molecule has 0 fully saturated rings. The molecule has 0 bridgehead atoms. The van der Waals surface area contributed by atoms with Gasteiger partial charge in [-0.25, -0.2) is 0 Å². The molecule has 0 unspecified atom stereocenters. The summed E-state index contributed by atoms with van der Waals surface area (Å²) < 4.78 is 5.15. The smallest absolute Gasteiger partial charge is 0.0697 e. The maximum absolute atomic E-state index is 8.46. The van der Waals surface area contributed by atoms with Crippen LogP contribution < -0.4 is 0 Å². The van der Waals surface area contributed by atoms with E-state index in [-0.39, 0.29) is 6.61 Å². The second kappa shape index (κ2) is 6.63. The second-order valence-corrected chi connectivity index (χ2v) is 2.93. The van der Waals surface area contributed by atoms with Crippen molar-refractivity contribution < 1.29 is 9.84 Å². The summed E-state index contributed by atoms with van der Waals surface area (Å²) in [5.41, 5.74) is 1.34. The maximum Gasteiger partial charge on any atom is 0.0697 e. The lowest BCUT2D eigenvalue weighted by Gasteiger charge is -2.02. The van der Waals surface area contributed by atoms with E-state index in [1.807, 2.05) is 18.2 Å². The van der Waals surface area contributed by atoms with Crippen LogP contribution in [0.1, 0.15) is 12.0 Å². The van der Waals surface area contributed by atoms with Crippen LogP contribution >= 0.6 is 0 Å². The third-order valence-corrected chi connectivity index (χ3v) is 1.83. The van der Waals surface area contributed by atoms with Crippen LogP contribution in [-0.4, -0.2) is 24.9 Å². The van der Waals surface area contributed by atoms with Crippen molar-refractivity contribution in [1.29, 1.82) is 0 Å². The Morgan fingerprint density at radius 3 is 2.54 bits per heavy atom. The molecule has 0 aliphatic carbocycles. The first-order chi connectivity index (χ1) is 6.43.